The first-order chi connectivity index (χ1) is 10.6. The number of aromatic nitrogens is 2. The molecule has 2 N–H and O–H groups in total. The lowest BCUT2D eigenvalue weighted by atomic mass is 10.0. The number of amides is 1. The molecule has 4 nitrogen and oxygen atoms in total. The van der Waals surface area contributed by atoms with Crippen molar-refractivity contribution in [2.45, 2.75) is 32.6 Å². The summed E-state index contributed by atoms with van der Waals surface area (Å²) in [6.07, 6.45) is 6.27. The number of aromatic amines is 1. The molecule has 0 unspecified atom stereocenters. The van der Waals surface area contributed by atoms with Gasteiger partial charge in [0.1, 0.15) is 5.82 Å². The molecule has 2 aliphatic rings. The summed E-state index contributed by atoms with van der Waals surface area (Å²) in [5.41, 5.74) is 5.63. The van der Waals surface area contributed by atoms with Gasteiger partial charge in [-0.1, -0.05) is 11.6 Å². The number of hydrogen-bond donors (Lipinski definition) is 2. The summed E-state index contributed by atoms with van der Waals surface area (Å²) >= 11 is 6.14. The largest absolute Gasteiger partial charge is 0.342 e. The summed E-state index contributed by atoms with van der Waals surface area (Å²) in [5, 5.41) is 3.55. The molecule has 4 rings (SSSR count). The van der Waals surface area contributed by atoms with E-state index < -0.39 is 0 Å². The van der Waals surface area contributed by atoms with Crippen molar-refractivity contribution in [3.8, 4) is 0 Å². The number of rotatable bonds is 1. The number of nitrogens with one attached hydrogen (secondary N) is 2. The quantitative estimate of drug-likeness (QED) is 0.788. The topological polar surface area (TPSA) is 57.8 Å². The van der Waals surface area contributed by atoms with E-state index in [-0.39, 0.29) is 5.91 Å². The minimum atomic E-state index is -0.102. The van der Waals surface area contributed by atoms with Crippen LogP contribution in [-0.2, 0) is 17.6 Å². The molecule has 0 atom stereocenters. The molecular formula is C17H16ClN3O. The molecule has 2 aromatic rings. The van der Waals surface area contributed by atoms with Gasteiger partial charge in [-0.15, -0.1) is 0 Å². The summed E-state index contributed by atoms with van der Waals surface area (Å²) in [6, 6.07) is 3.69. The van der Waals surface area contributed by atoms with Crippen LogP contribution >= 0.6 is 11.6 Å². The molecule has 22 heavy (non-hydrogen) atoms. The van der Waals surface area contributed by atoms with Crippen molar-refractivity contribution in [2.24, 2.45) is 0 Å². The van der Waals surface area contributed by atoms with Crippen LogP contribution in [0.5, 0.6) is 0 Å². The molecule has 1 aliphatic carbocycles. The summed E-state index contributed by atoms with van der Waals surface area (Å²) in [4.78, 5) is 20.2. The second-order valence-electron chi connectivity index (χ2n) is 5.91. The van der Waals surface area contributed by atoms with Crippen LogP contribution in [-0.4, -0.2) is 15.9 Å². The molecule has 0 fully saturated rings. The summed E-state index contributed by atoms with van der Waals surface area (Å²) in [6.45, 7) is 1.94. The Morgan fingerprint density at radius 1 is 1.27 bits per heavy atom. The van der Waals surface area contributed by atoms with Crippen LogP contribution in [0.4, 0.5) is 5.69 Å². The Morgan fingerprint density at radius 3 is 2.91 bits per heavy atom. The van der Waals surface area contributed by atoms with Gasteiger partial charge >= 0.3 is 0 Å². The maximum Gasteiger partial charge on any atom is 0.256 e. The van der Waals surface area contributed by atoms with Gasteiger partial charge in [0.25, 0.3) is 5.91 Å². The van der Waals surface area contributed by atoms with E-state index in [0.29, 0.717) is 10.6 Å². The molecule has 0 saturated heterocycles. The minimum Gasteiger partial charge on any atom is -0.342 e. The van der Waals surface area contributed by atoms with Gasteiger partial charge in [-0.25, -0.2) is 4.98 Å². The van der Waals surface area contributed by atoms with Crippen molar-refractivity contribution in [1.29, 1.82) is 0 Å². The van der Waals surface area contributed by atoms with Gasteiger partial charge in [-0.05, 0) is 56.4 Å². The first-order valence-electron chi connectivity index (χ1n) is 7.53. The van der Waals surface area contributed by atoms with Crippen molar-refractivity contribution in [1.82, 2.24) is 9.97 Å². The maximum atomic E-state index is 12.3. The normalized spacial score (nSPS) is 18.3. The van der Waals surface area contributed by atoms with Crippen LogP contribution in [0.25, 0.3) is 11.6 Å². The standard InChI is InChI=1S/C17H16ClN3O/c1-9-6-10(18)7-11-12(17(22)21-16(9)11)8-15-19-13-4-2-3-5-14(13)20-15/h6-8H,2-5H2,1H3,(H,19,20)(H,21,22). The van der Waals surface area contributed by atoms with Crippen LogP contribution in [0.15, 0.2) is 12.1 Å². The second-order valence-corrected chi connectivity index (χ2v) is 6.35. The third-order valence-corrected chi connectivity index (χ3v) is 4.55. The molecule has 2 heterocycles. The molecule has 1 aromatic heterocycles. The second kappa shape index (κ2) is 4.99. The van der Waals surface area contributed by atoms with E-state index in [1.807, 2.05) is 25.1 Å². The Labute approximate surface area is 133 Å². The Morgan fingerprint density at radius 2 is 2.09 bits per heavy atom. The van der Waals surface area contributed by atoms with Crippen molar-refractivity contribution < 1.29 is 4.79 Å². The van der Waals surface area contributed by atoms with Gasteiger partial charge in [0, 0.05) is 16.3 Å². The highest BCUT2D eigenvalue weighted by Gasteiger charge is 2.26. The predicted octanol–water partition coefficient (Wildman–Crippen LogP) is 3.74. The average molecular weight is 314 g/mol. The van der Waals surface area contributed by atoms with E-state index in [0.717, 1.165) is 41.2 Å². The summed E-state index contributed by atoms with van der Waals surface area (Å²) in [5.74, 6) is 0.650. The molecule has 1 amide bonds. The number of nitrogens with zero attached hydrogens (tertiary/aromatic N) is 1. The first kappa shape index (κ1) is 13.6. The highest BCUT2D eigenvalue weighted by molar-refractivity contribution is 6.37. The number of hydrogen-bond acceptors (Lipinski definition) is 2. The third kappa shape index (κ3) is 2.15. The number of aryl methyl sites for hydroxylation is 3. The zero-order valence-corrected chi connectivity index (χ0v) is 13.0. The maximum absolute atomic E-state index is 12.3. The van der Waals surface area contributed by atoms with Gasteiger partial charge in [0.05, 0.1) is 17.0 Å². The monoisotopic (exact) mass is 313 g/mol. The Balaban J connectivity index is 1.80. The zero-order chi connectivity index (χ0) is 15.3. The van der Waals surface area contributed by atoms with Gasteiger partial charge in [-0.3, -0.25) is 4.79 Å². The molecule has 0 bridgehead atoms. The highest BCUT2D eigenvalue weighted by Crippen LogP contribution is 2.37. The van der Waals surface area contributed by atoms with Crippen molar-refractivity contribution in [3.63, 3.8) is 0 Å². The molecular weight excluding hydrogens is 298 g/mol. The van der Waals surface area contributed by atoms with Crippen molar-refractivity contribution >= 4 is 34.8 Å². The molecule has 0 radical (unpaired) electrons. The lowest BCUT2D eigenvalue weighted by Gasteiger charge is -2.07. The molecule has 0 saturated carbocycles. The Bertz CT molecular complexity index is 796. The van der Waals surface area contributed by atoms with Crippen LogP contribution in [0.3, 0.4) is 0 Å². The number of carbonyl (C=O) groups excluding carboxylic acids is 1. The fourth-order valence-corrected chi connectivity index (χ4v) is 3.52. The van der Waals surface area contributed by atoms with Gasteiger partial charge in [0.15, 0.2) is 0 Å². The Hall–Kier alpha value is -2.07. The fraction of sp³-hybridized carbons (Fsp3) is 0.294. The minimum absolute atomic E-state index is 0.102. The SMILES string of the molecule is Cc1cc(Cl)cc2c1NC(=O)C2=Cc1nc2c([nH]1)CCCC2. The molecule has 5 heteroatoms. The van der Waals surface area contributed by atoms with Crippen LogP contribution in [0, 0.1) is 6.92 Å². The number of benzene rings is 1. The van der Waals surface area contributed by atoms with E-state index in [1.54, 1.807) is 0 Å². The van der Waals surface area contributed by atoms with E-state index in [4.69, 9.17) is 11.6 Å². The summed E-state index contributed by atoms with van der Waals surface area (Å²) in [7, 11) is 0. The molecule has 1 aliphatic heterocycles. The zero-order valence-electron chi connectivity index (χ0n) is 12.3. The van der Waals surface area contributed by atoms with E-state index in [1.165, 1.54) is 18.5 Å². The van der Waals surface area contributed by atoms with E-state index >= 15 is 0 Å². The average Bonchev–Trinajstić information content (AvgIpc) is 3.02. The third-order valence-electron chi connectivity index (χ3n) is 4.33. The molecule has 0 spiro atoms. The van der Waals surface area contributed by atoms with Gasteiger partial charge < -0.3 is 10.3 Å². The Kier molecular flexibility index (Phi) is 3.08. The highest BCUT2D eigenvalue weighted by atomic mass is 35.5. The van der Waals surface area contributed by atoms with Crippen LogP contribution < -0.4 is 5.32 Å². The summed E-state index contributed by atoms with van der Waals surface area (Å²) < 4.78 is 0. The smallest absolute Gasteiger partial charge is 0.256 e. The predicted molar refractivity (Wildman–Crippen MR) is 87.9 cm³/mol. The van der Waals surface area contributed by atoms with Gasteiger partial charge in [0.2, 0.25) is 0 Å². The lowest BCUT2D eigenvalue weighted by molar-refractivity contribution is -0.110. The van der Waals surface area contributed by atoms with Crippen LogP contribution in [0.1, 0.15) is 41.2 Å². The van der Waals surface area contributed by atoms with Gasteiger partial charge in [-0.2, -0.15) is 0 Å². The lowest BCUT2D eigenvalue weighted by Crippen LogP contribution is -2.04. The fourth-order valence-electron chi connectivity index (χ4n) is 3.25. The number of H-pyrrole nitrogens is 1. The van der Waals surface area contributed by atoms with Crippen molar-refractivity contribution in [2.75, 3.05) is 5.32 Å². The number of anilines is 1. The van der Waals surface area contributed by atoms with Crippen molar-refractivity contribution in [3.05, 3.63) is 45.5 Å². The number of imidazole rings is 1. The number of halogens is 1. The first-order valence-corrected chi connectivity index (χ1v) is 7.91. The van der Waals surface area contributed by atoms with Crippen LogP contribution in [0.2, 0.25) is 5.02 Å². The number of carbonyl (C=O) groups is 1. The number of fused-ring (bicyclic) bond motifs is 2. The molecule has 112 valence electrons. The molecule has 1 aromatic carbocycles. The van der Waals surface area contributed by atoms with E-state index in [9.17, 15) is 4.79 Å². The van der Waals surface area contributed by atoms with E-state index in [2.05, 4.69) is 15.3 Å².